The molecule has 0 spiro atoms. The van der Waals surface area contributed by atoms with Crippen LogP contribution in [0.4, 0.5) is 10.5 Å². The Morgan fingerprint density at radius 3 is 1.62 bits per heavy atom. The summed E-state index contributed by atoms with van der Waals surface area (Å²) in [5, 5.41) is 2.74. The first-order chi connectivity index (χ1) is 35.6. The third kappa shape index (κ3) is 12.0. The predicted molar refractivity (Wildman–Crippen MR) is 285 cm³/mol. The van der Waals surface area contributed by atoms with Gasteiger partial charge in [0.1, 0.15) is 29.9 Å². The summed E-state index contributed by atoms with van der Waals surface area (Å²) in [6.07, 6.45) is 7.36. The van der Waals surface area contributed by atoms with Crippen molar-refractivity contribution in [1.29, 1.82) is 0 Å². The number of nitrogens with one attached hydrogen (secondary N) is 3. The minimum Gasteiger partial charge on any atom is -0.453 e. The molecule has 0 unspecified atom stereocenters. The number of anilines is 1. The van der Waals surface area contributed by atoms with E-state index in [1.807, 2.05) is 49.9 Å². The Kier molecular flexibility index (Phi) is 17.6. The topological polar surface area (TPSA) is 176 Å². The first-order valence-electron chi connectivity index (χ1n) is 26.3. The van der Waals surface area contributed by atoms with E-state index in [2.05, 4.69) is 114 Å². The third-order valence-corrected chi connectivity index (χ3v) is 14.7. The maximum Gasteiger partial charge on any atom is 0.407 e. The van der Waals surface area contributed by atoms with Gasteiger partial charge < -0.3 is 53.7 Å². The molecule has 8 rings (SSSR count). The number of aromatic nitrogens is 4. The molecule has 16 heteroatoms. The van der Waals surface area contributed by atoms with Gasteiger partial charge in [0.05, 0.1) is 87.9 Å². The lowest BCUT2D eigenvalue weighted by Crippen LogP contribution is -2.51. The van der Waals surface area contributed by atoms with Crippen molar-refractivity contribution in [3.63, 3.8) is 0 Å². The molecule has 3 aromatic carbocycles. The SMILES string of the molecule is COCCO[C@H]1[C@H](OCCOC)[C@H](c2ccc(-c3cnc([C@@H]4CCCN4C(=O)[C@@H](NC(=O)OC)C(C)C)[nH]3)cc2)N(c2ccc(C(C)(C)C)cc2)[C@H]1c1ccc(-c2cnc([C@@H]3CCCN3C(=O)[CH]C(C)C)[nH]2)cc1. The van der Waals surface area contributed by atoms with Gasteiger partial charge >= 0.3 is 6.09 Å². The van der Waals surface area contributed by atoms with Gasteiger partial charge in [0.15, 0.2) is 0 Å². The van der Waals surface area contributed by atoms with Crippen LogP contribution in [-0.4, -0.2) is 127 Å². The van der Waals surface area contributed by atoms with Crippen molar-refractivity contribution in [1.82, 2.24) is 35.1 Å². The average Bonchev–Trinajstić information content (AvgIpc) is 4.26. The number of alkyl carbamates (subject to hydrolysis) is 1. The molecular formula is C58H77N8O8. The van der Waals surface area contributed by atoms with Gasteiger partial charge in [-0.15, -0.1) is 0 Å². The van der Waals surface area contributed by atoms with E-state index < -0.39 is 24.3 Å². The summed E-state index contributed by atoms with van der Waals surface area (Å²) in [7, 11) is 4.66. The molecule has 0 aliphatic carbocycles. The summed E-state index contributed by atoms with van der Waals surface area (Å²) in [4.78, 5) is 62.2. The summed E-state index contributed by atoms with van der Waals surface area (Å²) in [6, 6.07) is 24.4. The molecule has 3 N–H and O–H groups in total. The predicted octanol–water partition coefficient (Wildman–Crippen LogP) is 9.70. The van der Waals surface area contributed by atoms with Gasteiger partial charge in [0, 0.05) is 33.0 Å². The summed E-state index contributed by atoms with van der Waals surface area (Å²) >= 11 is 0. The van der Waals surface area contributed by atoms with E-state index in [1.165, 1.54) is 12.7 Å². The Balaban J connectivity index is 1.13. The van der Waals surface area contributed by atoms with Crippen LogP contribution in [0.15, 0.2) is 85.2 Å². The highest BCUT2D eigenvalue weighted by atomic mass is 16.6. The van der Waals surface area contributed by atoms with Crippen LogP contribution in [0.5, 0.6) is 0 Å². The van der Waals surface area contributed by atoms with Crippen molar-refractivity contribution in [2.75, 3.05) is 65.7 Å². The van der Waals surface area contributed by atoms with E-state index in [0.29, 0.717) is 38.8 Å². The summed E-state index contributed by atoms with van der Waals surface area (Å²) in [5.74, 6) is 1.44. The summed E-state index contributed by atoms with van der Waals surface area (Å²) < 4.78 is 29.8. The minimum absolute atomic E-state index is 0.0490. The first-order valence-corrected chi connectivity index (χ1v) is 26.3. The van der Waals surface area contributed by atoms with Gasteiger partial charge in [-0.25, -0.2) is 14.8 Å². The second kappa shape index (κ2) is 24.1. The van der Waals surface area contributed by atoms with Crippen LogP contribution in [-0.2, 0) is 38.7 Å². The smallest absolute Gasteiger partial charge is 0.407 e. The number of benzene rings is 3. The lowest BCUT2D eigenvalue weighted by atomic mass is 9.87. The highest BCUT2D eigenvalue weighted by Crippen LogP contribution is 2.50. The molecule has 2 aromatic heterocycles. The van der Waals surface area contributed by atoms with E-state index in [1.54, 1.807) is 20.6 Å². The number of likely N-dealkylation sites (tertiary alicyclic amines) is 2. The molecule has 1 radical (unpaired) electrons. The lowest BCUT2D eigenvalue weighted by molar-refractivity contribution is -0.135. The lowest BCUT2D eigenvalue weighted by Gasteiger charge is -2.34. The maximum absolute atomic E-state index is 13.9. The van der Waals surface area contributed by atoms with Crippen LogP contribution in [0.25, 0.3) is 22.5 Å². The Bertz CT molecular complexity index is 2620. The fraction of sp³-hybridized carbons (Fsp3) is 0.517. The molecule has 74 heavy (non-hydrogen) atoms. The molecule has 5 heterocycles. The Labute approximate surface area is 437 Å². The molecule has 16 nitrogen and oxygen atoms in total. The van der Waals surface area contributed by atoms with E-state index in [0.717, 1.165) is 77.4 Å². The number of carbonyl (C=O) groups is 3. The van der Waals surface area contributed by atoms with Crippen molar-refractivity contribution in [3.05, 3.63) is 120 Å². The number of imidazole rings is 2. The minimum atomic E-state index is -0.722. The standard InChI is InChI=1S/C58H77N8O8/c1-36(2)33-48(67)64-27-11-13-46(64)54-59-34-44(61-54)38-15-19-40(20-16-38)50-52(73-31-29-70-8)53(74-32-30-71-9)51(66(50)43-25-23-42(24-26-43)58(5,6)7)41-21-17-39(18-22-41)45-35-60-55(62-45)47-14-12-28-65(47)56(68)49(37(3)4)63-57(69)72-10/h15-26,33-37,46-47,49-53H,11-14,27-32H2,1-10H3,(H,59,61)(H,60,62)(H,63,69)/t46-,47-,49-,50-,51-,52+,53+/m0/s1. The van der Waals surface area contributed by atoms with Crippen LogP contribution in [0, 0.1) is 18.3 Å². The fourth-order valence-electron chi connectivity index (χ4n) is 10.8. The van der Waals surface area contributed by atoms with E-state index in [-0.39, 0.29) is 53.2 Å². The van der Waals surface area contributed by atoms with Crippen molar-refractivity contribution in [2.45, 2.75) is 122 Å². The molecule has 0 bridgehead atoms. The number of aromatic amines is 2. The second-order valence-corrected chi connectivity index (χ2v) is 21.5. The normalized spacial score (nSPS) is 21.5. The van der Waals surface area contributed by atoms with Gasteiger partial charge in [-0.3, -0.25) is 9.59 Å². The number of methoxy groups -OCH3 is 3. The molecule has 7 atom stereocenters. The zero-order chi connectivity index (χ0) is 52.7. The van der Waals surface area contributed by atoms with Crippen LogP contribution in [0.1, 0.15) is 127 Å². The fourth-order valence-corrected chi connectivity index (χ4v) is 10.8. The number of hydrogen-bond donors (Lipinski definition) is 3. The van der Waals surface area contributed by atoms with Gasteiger partial charge in [-0.1, -0.05) is 109 Å². The van der Waals surface area contributed by atoms with E-state index in [9.17, 15) is 14.4 Å². The van der Waals surface area contributed by atoms with E-state index in [4.69, 9.17) is 33.7 Å². The highest BCUT2D eigenvalue weighted by molar-refractivity contribution is 5.87. The number of amides is 3. The van der Waals surface area contributed by atoms with Crippen LogP contribution >= 0.6 is 0 Å². The Morgan fingerprint density at radius 2 is 1.18 bits per heavy atom. The molecular weight excluding hydrogens is 937 g/mol. The Morgan fingerprint density at radius 1 is 0.689 bits per heavy atom. The number of carbonyl (C=O) groups excluding carboxylic acids is 3. The number of nitrogens with zero attached hydrogens (tertiary/aromatic N) is 5. The van der Waals surface area contributed by atoms with Crippen molar-refractivity contribution in [3.8, 4) is 22.5 Å². The molecule has 3 aliphatic heterocycles. The summed E-state index contributed by atoms with van der Waals surface area (Å²) in [5.41, 5.74) is 7.94. The van der Waals surface area contributed by atoms with Crippen LogP contribution in [0.3, 0.4) is 0 Å². The molecule has 5 aromatic rings. The third-order valence-electron chi connectivity index (χ3n) is 14.7. The Hall–Kier alpha value is -6.07. The number of ether oxygens (including phenoxy) is 5. The second-order valence-electron chi connectivity index (χ2n) is 21.5. The van der Waals surface area contributed by atoms with Crippen molar-refractivity contribution < 1.29 is 38.1 Å². The van der Waals surface area contributed by atoms with Crippen LogP contribution < -0.4 is 10.2 Å². The van der Waals surface area contributed by atoms with Gasteiger partial charge in [0.25, 0.3) is 0 Å². The number of H-pyrrole nitrogens is 2. The number of hydrogen-bond acceptors (Lipinski definition) is 11. The molecule has 0 saturated carbocycles. The van der Waals surface area contributed by atoms with Crippen LogP contribution in [0.2, 0.25) is 0 Å². The van der Waals surface area contributed by atoms with Gasteiger partial charge in [-0.2, -0.15) is 0 Å². The highest BCUT2D eigenvalue weighted by Gasteiger charge is 2.52. The molecule has 3 aliphatic rings. The molecule has 3 saturated heterocycles. The maximum atomic E-state index is 13.9. The van der Waals surface area contributed by atoms with Crippen molar-refractivity contribution >= 4 is 23.6 Å². The molecule has 397 valence electrons. The van der Waals surface area contributed by atoms with Crippen molar-refractivity contribution in [2.24, 2.45) is 11.8 Å². The molecule has 3 amide bonds. The van der Waals surface area contributed by atoms with Gasteiger partial charge in [0.2, 0.25) is 11.8 Å². The monoisotopic (exact) mass is 1010 g/mol. The number of rotatable bonds is 20. The quantitative estimate of drug-likeness (QED) is 0.0633. The zero-order valence-electron chi connectivity index (χ0n) is 44.9. The molecule has 3 fully saturated rings. The zero-order valence-corrected chi connectivity index (χ0v) is 44.9. The summed E-state index contributed by atoms with van der Waals surface area (Å²) in [6.45, 7) is 17.4. The average molecular weight is 1010 g/mol. The van der Waals surface area contributed by atoms with Gasteiger partial charge in [-0.05, 0) is 82.9 Å². The first kappa shape index (κ1) is 54.2. The van der Waals surface area contributed by atoms with E-state index >= 15 is 0 Å². The largest absolute Gasteiger partial charge is 0.453 e.